The molecule has 1 amide bonds. The number of nitrogens with two attached hydrogens (primary N) is 1. The minimum atomic E-state index is -0.431. The summed E-state index contributed by atoms with van der Waals surface area (Å²) < 4.78 is 4.98. The minimum absolute atomic E-state index is 0.209. The first-order chi connectivity index (χ1) is 8.46. The zero-order chi connectivity index (χ0) is 13.2. The van der Waals surface area contributed by atoms with E-state index in [0.717, 1.165) is 10.6 Å². The largest absolute Gasteiger partial charge is 0.472 e. The van der Waals surface area contributed by atoms with Crippen molar-refractivity contribution in [2.75, 3.05) is 6.54 Å². The molecule has 2 aromatic heterocycles. The Hall–Kier alpha value is -1.66. The van der Waals surface area contributed by atoms with Crippen molar-refractivity contribution in [3.63, 3.8) is 0 Å². The van der Waals surface area contributed by atoms with E-state index in [1.807, 2.05) is 19.9 Å². The first-order valence-electron chi connectivity index (χ1n) is 5.51. The molecule has 0 saturated carbocycles. The van der Waals surface area contributed by atoms with Crippen LogP contribution in [0, 0.1) is 0 Å². The molecule has 3 N–H and O–H groups in total. The van der Waals surface area contributed by atoms with Gasteiger partial charge in [0.2, 0.25) is 0 Å². The Morgan fingerprint density at radius 3 is 3.00 bits per heavy atom. The summed E-state index contributed by atoms with van der Waals surface area (Å²) in [4.78, 5) is 16.1. The van der Waals surface area contributed by atoms with Crippen molar-refractivity contribution < 1.29 is 9.21 Å². The molecule has 0 aliphatic carbocycles. The Balaban J connectivity index is 2.04. The Bertz CT molecular complexity index is 526. The molecule has 2 rings (SSSR count). The molecule has 0 aliphatic rings. The van der Waals surface area contributed by atoms with E-state index < -0.39 is 5.54 Å². The van der Waals surface area contributed by atoms with Crippen LogP contribution in [-0.4, -0.2) is 23.0 Å². The van der Waals surface area contributed by atoms with Crippen molar-refractivity contribution in [1.29, 1.82) is 0 Å². The van der Waals surface area contributed by atoms with Gasteiger partial charge in [-0.25, -0.2) is 4.98 Å². The van der Waals surface area contributed by atoms with Gasteiger partial charge in [0, 0.05) is 23.0 Å². The van der Waals surface area contributed by atoms with E-state index >= 15 is 0 Å². The van der Waals surface area contributed by atoms with Gasteiger partial charge in [-0.3, -0.25) is 4.79 Å². The highest BCUT2D eigenvalue weighted by Crippen LogP contribution is 2.23. The number of hydrogen-bond acceptors (Lipinski definition) is 5. The van der Waals surface area contributed by atoms with E-state index in [2.05, 4.69) is 10.3 Å². The molecule has 0 spiro atoms. The first kappa shape index (κ1) is 12.8. The standard InChI is InChI=1S/C12H15N3O2S/c1-12(2,13)7-14-10(16)9-6-18-11(15-9)8-3-4-17-5-8/h3-6H,7,13H2,1-2H3,(H,14,16). The monoisotopic (exact) mass is 265 g/mol. The maximum absolute atomic E-state index is 11.8. The predicted molar refractivity (Wildman–Crippen MR) is 70.4 cm³/mol. The molecule has 18 heavy (non-hydrogen) atoms. The van der Waals surface area contributed by atoms with Gasteiger partial charge in [0.05, 0.1) is 6.26 Å². The molecule has 0 fully saturated rings. The van der Waals surface area contributed by atoms with Crippen LogP contribution in [0.5, 0.6) is 0 Å². The summed E-state index contributed by atoms with van der Waals surface area (Å²) in [5, 5.41) is 5.24. The van der Waals surface area contributed by atoms with Gasteiger partial charge >= 0.3 is 0 Å². The average molecular weight is 265 g/mol. The highest BCUT2D eigenvalue weighted by atomic mass is 32.1. The number of carbonyl (C=O) groups is 1. The quantitative estimate of drug-likeness (QED) is 0.884. The lowest BCUT2D eigenvalue weighted by atomic mass is 10.1. The van der Waals surface area contributed by atoms with E-state index in [4.69, 9.17) is 10.2 Å². The fourth-order valence-corrected chi connectivity index (χ4v) is 2.08. The lowest BCUT2D eigenvalue weighted by Gasteiger charge is -2.18. The number of furan rings is 1. The predicted octanol–water partition coefficient (Wildman–Crippen LogP) is 1.87. The highest BCUT2D eigenvalue weighted by Gasteiger charge is 2.16. The van der Waals surface area contributed by atoms with Crippen LogP contribution >= 0.6 is 11.3 Å². The maximum atomic E-state index is 11.8. The van der Waals surface area contributed by atoms with Gasteiger partial charge in [0.15, 0.2) is 0 Å². The van der Waals surface area contributed by atoms with E-state index in [1.54, 1.807) is 17.9 Å². The molecule has 0 radical (unpaired) electrons. The van der Waals surface area contributed by atoms with Crippen molar-refractivity contribution in [2.45, 2.75) is 19.4 Å². The lowest BCUT2D eigenvalue weighted by molar-refractivity contribution is 0.0942. The third-order valence-corrected chi connectivity index (χ3v) is 3.10. The number of thiazole rings is 1. The Labute approximate surface area is 109 Å². The second kappa shape index (κ2) is 4.91. The molecule has 0 atom stereocenters. The van der Waals surface area contributed by atoms with E-state index in [-0.39, 0.29) is 5.91 Å². The van der Waals surface area contributed by atoms with Crippen LogP contribution in [-0.2, 0) is 0 Å². The number of hydrogen-bond donors (Lipinski definition) is 2. The third kappa shape index (κ3) is 3.18. The molecular weight excluding hydrogens is 250 g/mol. The second-order valence-electron chi connectivity index (χ2n) is 4.72. The van der Waals surface area contributed by atoms with Gasteiger partial charge in [0.1, 0.15) is 17.0 Å². The van der Waals surface area contributed by atoms with Crippen molar-refractivity contribution in [2.24, 2.45) is 5.73 Å². The summed E-state index contributed by atoms with van der Waals surface area (Å²) in [6.07, 6.45) is 3.18. The van der Waals surface area contributed by atoms with E-state index in [1.165, 1.54) is 11.3 Å². The van der Waals surface area contributed by atoms with Gasteiger partial charge in [-0.15, -0.1) is 11.3 Å². The number of nitrogens with zero attached hydrogens (tertiary/aromatic N) is 1. The first-order valence-corrected chi connectivity index (χ1v) is 6.39. The van der Waals surface area contributed by atoms with Crippen LogP contribution < -0.4 is 11.1 Å². The molecule has 2 heterocycles. The number of aromatic nitrogens is 1. The molecule has 5 nitrogen and oxygen atoms in total. The minimum Gasteiger partial charge on any atom is -0.472 e. The van der Waals surface area contributed by atoms with Crippen LogP contribution in [0.1, 0.15) is 24.3 Å². The summed E-state index contributed by atoms with van der Waals surface area (Å²) in [7, 11) is 0. The van der Waals surface area contributed by atoms with Crippen molar-refractivity contribution in [3.05, 3.63) is 29.7 Å². The molecule has 6 heteroatoms. The molecule has 0 aliphatic heterocycles. The van der Waals surface area contributed by atoms with E-state index in [9.17, 15) is 4.79 Å². The average Bonchev–Trinajstić information content (AvgIpc) is 2.94. The summed E-state index contributed by atoms with van der Waals surface area (Å²) in [6, 6.07) is 1.81. The summed E-state index contributed by atoms with van der Waals surface area (Å²) in [5.74, 6) is -0.209. The fourth-order valence-electron chi connectivity index (χ4n) is 1.30. The van der Waals surface area contributed by atoms with Gasteiger partial charge in [-0.2, -0.15) is 0 Å². The molecule has 2 aromatic rings. The van der Waals surface area contributed by atoms with Crippen molar-refractivity contribution in [3.8, 4) is 10.6 Å². The third-order valence-electron chi connectivity index (χ3n) is 2.21. The van der Waals surface area contributed by atoms with E-state index in [0.29, 0.717) is 12.2 Å². The van der Waals surface area contributed by atoms with Gasteiger partial charge in [-0.1, -0.05) is 0 Å². The van der Waals surface area contributed by atoms with Crippen LogP contribution in [0.4, 0.5) is 0 Å². The number of carbonyl (C=O) groups excluding carboxylic acids is 1. The Kier molecular flexibility index (Phi) is 3.49. The normalized spacial score (nSPS) is 11.5. The van der Waals surface area contributed by atoms with Crippen LogP contribution in [0.25, 0.3) is 10.6 Å². The summed E-state index contributed by atoms with van der Waals surface area (Å²) in [5.41, 5.74) is 6.64. The van der Waals surface area contributed by atoms with Crippen LogP contribution in [0.2, 0.25) is 0 Å². The molecule has 0 aromatic carbocycles. The Morgan fingerprint density at radius 2 is 2.39 bits per heavy atom. The summed E-state index contributed by atoms with van der Waals surface area (Å²) in [6.45, 7) is 4.11. The molecule has 0 unspecified atom stereocenters. The lowest BCUT2D eigenvalue weighted by Crippen LogP contribution is -2.45. The smallest absolute Gasteiger partial charge is 0.270 e. The highest BCUT2D eigenvalue weighted by molar-refractivity contribution is 7.13. The molecule has 0 bridgehead atoms. The Morgan fingerprint density at radius 1 is 1.61 bits per heavy atom. The second-order valence-corrected chi connectivity index (χ2v) is 5.58. The van der Waals surface area contributed by atoms with Gasteiger partial charge in [-0.05, 0) is 19.9 Å². The maximum Gasteiger partial charge on any atom is 0.270 e. The number of rotatable bonds is 4. The molecule has 96 valence electrons. The van der Waals surface area contributed by atoms with Gasteiger partial charge < -0.3 is 15.5 Å². The number of nitrogens with one attached hydrogen (secondary N) is 1. The topological polar surface area (TPSA) is 81.1 Å². The molecule has 0 saturated heterocycles. The van der Waals surface area contributed by atoms with Gasteiger partial charge in [0.25, 0.3) is 5.91 Å². The zero-order valence-electron chi connectivity index (χ0n) is 10.3. The van der Waals surface area contributed by atoms with Crippen molar-refractivity contribution in [1.82, 2.24) is 10.3 Å². The SMILES string of the molecule is CC(C)(N)CNC(=O)c1csc(-c2ccoc2)n1. The number of amides is 1. The van der Waals surface area contributed by atoms with Crippen molar-refractivity contribution >= 4 is 17.2 Å². The van der Waals surface area contributed by atoms with Crippen LogP contribution in [0.15, 0.2) is 28.4 Å². The summed E-state index contributed by atoms with van der Waals surface area (Å²) >= 11 is 1.41. The molecular formula is C12H15N3O2S. The fraction of sp³-hybridized carbons (Fsp3) is 0.333. The van der Waals surface area contributed by atoms with Crippen LogP contribution in [0.3, 0.4) is 0 Å². The zero-order valence-corrected chi connectivity index (χ0v) is 11.1.